The first-order valence-corrected chi connectivity index (χ1v) is 3.51. The van der Waals surface area contributed by atoms with E-state index in [9.17, 15) is 0 Å². The Morgan fingerprint density at radius 1 is 1.18 bits per heavy atom. The highest BCUT2D eigenvalue weighted by Crippen LogP contribution is 2.21. The summed E-state index contributed by atoms with van der Waals surface area (Å²) < 4.78 is 0. The van der Waals surface area contributed by atoms with Crippen LogP contribution in [-0.4, -0.2) is 0 Å². The van der Waals surface area contributed by atoms with Gasteiger partial charge in [0, 0.05) is 10.7 Å². The van der Waals surface area contributed by atoms with Crippen LogP contribution in [0.4, 0.5) is 5.69 Å². The van der Waals surface area contributed by atoms with Crippen molar-refractivity contribution in [3.05, 3.63) is 28.3 Å². The number of nitrogen functional groups attached to an aromatic ring is 1. The third-order valence-corrected chi connectivity index (χ3v) is 1.95. The Hall–Kier alpha value is -0.400. The van der Waals surface area contributed by atoms with Crippen molar-refractivity contribution < 1.29 is 0 Å². The van der Waals surface area contributed by atoms with Crippen LogP contribution in [-0.2, 0) is 0 Å². The van der Waals surface area contributed by atoms with Gasteiger partial charge in [-0.25, -0.2) is 0 Å². The minimum Gasteiger partial charge on any atom is -0.399 e. The summed E-state index contributed by atoms with van der Waals surface area (Å²) in [4.78, 5) is 0. The Morgan fingerprint density at radius 2 is 1.73 bits per heavy atom. The lowest BCUT2D eigenvalue weighted by Gasteiger charge is -2.02. The molecule has 0 heterocycles. The lowest BCUT2D eigenvalue weighted by Crippen LogP contribution is -1.90. The van der Waals surface area contributed by atoms with Crippen LogP contribution >= 0.6 is 24.0 Å². The van der Waals surface area contributed by atoms with Crippen molar-refractivity contribution in [2.75, 3.05) is 5.73 Å². The fourth-order valence-corrected chi connectivity index (χ4v) is 1.02. The van der Waals surface area contributed by atoms with Crippen molar-refractivity contribution in [3.8, 4) is 0 Å². The predicted molar refractivity (Wildman–Crippen MR) is 52.6 cm³/mol. The van der Waals surface area contributed by atoms with Crippen LogP contribution in [0.3, 0.4) is 0 Å². The largest absolute Gasteiger partial charge is 0.399 e. The molecule has 0 amide bonds. The van der Waals surface area contributed by atoms with E-state index in [1.807, 2.05) is 26.0 Å². The van der Waals surface area contributed by atoms with Gasteiger partial charge in [0.2, 0.25) is 0 Å². The van der Waals surface area contributed by atoms with Gasteiger partial charge < -0.3 is 5.73 Å². The number of halogens is 2. The van der Waals surface area contributed by atoms with Gasteiger partial charge in [-0.1, -0.05) is 11.6 Å². The van der Waals surface area contributed by atoms with E-state index in [0.717, 1.165) is 21.8 Å². The maximum Gasteiger partial charge on any atom is 0.0439 e. The molecule has 0 aliphatic carbocycles. The molecule has 0 atom stereocenters. The number of benzene rings is 1. The molecule has 1 aromatic rings. The van der Waals surface area contributed by atoms with E-state index in [2.05, 4.69) is 0 Å². The molecule has 11 heavy (non-hydrogen) atoms. The van der Waals surface area contributed by atoms with E-state index in [4.69, 9.17) is 17.3 Å². The lowest BCUT2D eigenvalue weighted by atomic mass is 10.1. The maximum atomic E-state index is 5.83. The molecule has 2 N–H and O–H groups in total. The molecule has 0 spiro atoms. The number of aryl methyl sites for hydroxylation is 2. The number of hydrogen-bond donors (Lipinski definition) is 1. The van der Waals surface area contributed by atoms with Crippen LogP contribution in [0.1, 0.15) is 11.1 Å². The molecule has 0 saturated carbocycles. The van der Waals surface area contributed by atoms with Gasteiger partial charge in [-0.2, -0.15) is 0 Å². The summed E-state index contributed by atoms with van der Waals surface area (Å²) in [5, 5.41) is 0.784. The van der Waals surface area contributed by atoms with Crippen molar-refractivity contribution >= 4 is 29.7 Å². The van der Waals surface area contributed by atoms with Crippen LogP contribution in [0.2, 0.25) is 5.02 Å². The molecule has 0 unspecified atom stereocenters. The SMILES string of the molecule is Cc1cc(Cl)c(C)cc1N.Cl. The fraction of sp³-hybridized carbons (Fsp3) is 0.250. The van der Waals surface area contributed by atoms with Gasteiger partial charge in [0.15, 0.2) is 0 Å². The van der Waals surface area contributed by atoms with Gasteiger partial charge in [0.1, 0.15) is 0 Å². The first-order valence-electron chi connectivity index (χ1n) is 3.13. The van der Waals surface area contributed by atoms with Crippen molar-refractivity contribution in [3.63, 3.8) is 0 Å². The lowest BCUT2D eigenvalue weighted by molar-refractivity contribution is 1.40. The zero-order chi connectivity index (χ0) is 7.72. The van der Waals surface area contributed by atoms with Gasteiger partial charge in [-0.15, -0.1) is 12.4 Å². The number of hydrogen-bond acceptors (Lipinski definition) is 1. The summed E-state index contributed by atoms with van der Waals surface area (Å²) in [5.74, 6) is 0. The average Bonchev–Trinajstić information content (AvgIpc) is 1.84. The van der Waals surface area contributed by atoms with Crippen molar-refractivity contribution in [2.24, 2.45) is 0 Å². The zero-order valence-corrected chi connectivity index (χ0v) is 8.09. The van der Waals surface area contributed by atoms with E-state index >= 15 is 0 Å². The van der Waals surface area contributed by atoms with Crippen LogP contribution in [0.25, 0.3) is 0 Å². The van der Waals surface area contributed by atoms with E-state index in [-0.39, 0.29) is 12.4 Å². The monoisotopic (exact) mass is 191 g/mol. The smallest absolute Gasteiger partial charge is 0.0439 e. The Bertz CT molecular complexity index is 208. The number of anilines is 1. The molecule has 0 fully saturated rings. The highest BCUT2D eigenvalue weighted by molar-refractivity contribution is 6.31. The third kappa shape index (κ3) is 2.28. The van der Waals surface area contributed by atoms with Gasteiger partial charge >= 0.3 is 0 Å². The highest BCUT2D eigenvalue weighted by Gasteiger charge is 1.97. The van der Waals surface area contributed by atoms with E-state index in [0.29, 0.717) is 0 Å². The standard InChI is InChI=1S/C8H10ClN.ClH/c1-5-4-8(10)6(2)3-7(5)9;/h3-4H,10H2,1-2H3;1H. The second kappa shape index (κ2) is 3.84. The molecule has 0 radical (unpaired) electrons. The molecule has 3 heteroatoms. The molecular weight excluding hydrogens is 181 g/mol. The van der Waals surface area contributed by atoms with E-state index in [1.165, 1.54) is 0 Å². The molecule has 62 valence electrons. The second-order valence-electron chi connectivity index (χ2n) is 2.46. The quantitative estimate of drug-likeness (QED) is 0.628. The van der Waals surface area contributed by atoms with Crippen LogP contribution in [0.5, 0.6) is 0 Å². The summed E-state index contributed by atoms with van der Waals surface area (Å²) in [6, 6.07) is 3.77. The Morgan fingerprint density at radius 3 is 2.18 bits per heavy atom. The van der Waals surface area contributed by atoms with Crippen molar-refractivity contribution in [1.82, 2.24) is 0 Å². The molecule has 0 aliphatic heterocycles. The second-order valence-corrected chi connectivity index (χ2v) is 2.87. The van der Waals surface area contributed by atoms with Gasteiger partial charge in [0.05, 0.1) is 0 Å². The first-order chi connectivity index (χ1) is 4.61. The predicted octanol–water partition coefficient (Wildman–Crippen LogP) is 2.96. The van der Waals surface area contributed by atoms with Crippen LogP contribution in [0.15, 0.2) is 12.1 Å². The molecule has 0 aliphatic rings. The highest BCUT2D eigenvalue weighted by atomic mass is 35.5. The molecule has 1 rings (SSSR count). The van der Waals surface area contributed by atoms with Crippen LogP contribution < -0.4 is 5.73 Å². The topological polar surface area (TPSA) is 26.0 Å². The first kappa shape index (κ1) is 10.6. The zero-order valence-electron chi connectivity index (χ0n) is 6.52. The molecule has 0 aromatic heterocycles. The third-order valence-electron chi connectivity index (χ3n) is 1.55. The summed E-state index contributed by atoms with van der Waals surface area (Å²) in [7, 11) is 0. The Labute approximate surface area is 78.0 Å². The number of rotatable bonds is 0. The van der Waals surface area contributed by atoms with E-state index in [1.54, 1.807) is 0 Å². The average molecular weight is 192 g/mol. The molecule has 0 saturated heterocycles. The van der Waals surface area contributed by atoms with Gasteiger partial charge in [-0.3, -0.25) is 0 Å². The summed E-state index contributed by atoms with van der Waals surface area (Å²) >= 11 is 5.83. The fourth-order valence-electron chi connectivity index (χ4n) is 0.803. The minimum absolute atomic E-state index is 0. The van der Waals surface area contributed by atoms with Crippen molar-refractivity contribution in [1.29, 1.82) is 0 Å². The summed E-state index contributed by atoms with van der Waals surface area (Å²) in [6.45, 7) is 3.89. The molecule has 1 aromatic carbocycles. The number of nitrogens with two attached hydrogens (primary N) is 1. The maximum absolute atomic E-state index is 5.83. The van der Waals surface area contributed by atoms with Crippen molar-refractivity contribution in [2.45, 2.75) is 13.8 Å². The molecule has 1 nitrogen and oxygen atoms in total. The van der Waals surface area contributed by atoms with Crippen LogP contribution in [0, 0.1) is 13.8 Å². The summed E-state index contributed by atoms with van der Waals surface area (Å²) in [6.07, 6.45) is 0. The van der Waals surface area contributed by atoms with Gasteiger partial charge in [0.25, 0.3) is 0 Å². The van der Waals surface area contributed by atoms with Gasteiger partial charge in [-0.05, 0) is 37.1 Å². The Balaban J connectivity index is 0.000001000. The summed E-state index contributed by atoms with van der Waals surface area (Å²) in [5.41, 5.74) is 8.51. The van der Waals surface area contributed by atoms with E-state index < -0.39 is 0 Å². The normalized spacial score (nSPS) is 9.00. The Kier molecular flexibility index (Phi) is 3.70. The minimum atomic E-state index is 0. The molecular formula is C8H11Cl2N. The molecule has 0 bridgehead atoms.